The summed E-state index contributed by atoms with van der Waals surface area (Å²) < 4.78 is 0. The number of hydrogen-bond acceptors (Lipinski definition) is 1. The van der Waals surface area contributed by atoms with Crippen LogP contribution < -0.4 is 0 Å². The lowest BCUT2D eigenvalue weighted by atomic mass is 9.77. The van der Waals surface area contributed by atoms with Crippen LogP contribution in [0.3, 0.4) is 0 Å². The first kappa shape index (κ1) is 18.7. The number of unbranched alkanes of at least 4 members (excludes halogenated alkanes) is 8. The minimum Gasteiger partial charge on any atom is -0.149 e. The zero-order chi connectivity index (χ0) is 15.6. The fourth-order valence-electron chi connectivity index (χ4n) is 3.15. The van der Waals surface area contributed by atoms with E-state index in [4.69, 9.17) is 0 Å². The Hall–Kier alpha value is -0.300. The Balaban J connectivity index is 2.15. The molecule has 0 aromatic carbocycles. The first-order chi connectivity index (χ1) is 10.1. The van der Waals surface area contributed by atoms with Gasteiger partial charge in [-0.1, -0.05) is 91.5 Å². The van der Waals surface area contributed by atoms with E-state index < -0.39 is 0 Å². The van der Waals surface area contributed by atoms with E-state index in [1.54, 1.807) is 4.88 Å². The topological polar surface area (TPSA) is 0 Å². The van der Waals surface area contributed by atoms with E-state index in [9.17, 15) is 0 Å². The van der Waals surface area contributed by atoms with Crippen molar-refractivity contribution >= 4 is 11.3 Å². The molecule has 0 nitrogen and oxygen atoms in total. The van der Waals surface area contributed by atoms with Gasteiger partial charge in [-0.25, -0.2) is 0 Å². The van der Waals surface area contributed by atoms with Crippen molar-refractivity contribution in [1.29, 1.82) is 0 Å². The fraction of sp³-hybridized carbons (Fsp3) is 0.800. The molecule has 0 N–H and O–H groups in total. The summed E-state index contributed by atoms with van der Waals surface area (Å²) in [6, 6.07) is 4.53. The largest absolute Gasteiger partial charge is 0.149 e. The van der Waals surface area contributed by atoms with Crippen molar-refractivity contribution in [2.45, 2.75) is 97.8 Å². The van der Waals surface area contributed by atoms with Gasteiger partial charge < -0.3 is 0 Å². The van der Waals surface area contributed by atoms with Crippen molar-refractivity contribution in [1.82, 2.24) is 0 Å². The van der Waals surface area contributed by atoms with Crippen LogP contribution in [0.1, 0.15) is 103 Å². The summed E-state index contributed by atoms with van der Waals surface area (Å²) in [5.74, 6) is 0.738. The van der Waals surface area contributed by atoms with Crippen molar-refractivity contribution in [3.05, 3.63) is 22.4 Å². The summed E-state index contributed by atoms with van der Waals surface area (Å²) in [5, 5.41) is 2.23. The Kier molecular flexibility index (Phi) is 9.31. The van der Waals surface area contributed by atoms with E-state index in [1.165, 1.54) is 64.2 Å². The summed E-state index contributed by atoms with van der Waals surface area (Å²) in [6.07, 6.45) is 14.2. The highest BCUT2D eigenvalue weighted by atomic mass is 32.1. The van der Waals surface area contributed by atoms with Gasteiger partial charge in [-0.2, -0.15) is 0 Å². The fourth-order valence-corrected chi connectivity index (χ4v) is 4.26. The zero-order valence-corrected chi connectivity index (χ0v) is 15.6. The van der Waals surface area contributed by atoms with Crippen LogP contribution in [-0.2, 0) is 0 Å². The molecule has 0 saturated carbocycles. The van der Waals surface area contributed by atoms with Crippen LogP contribution in [0.15, 0.2) is 17.5 Å². The molecule has 0 saturated heterocycles. The van der Waals surface area contributed by atoms with Gasteiger partial charge in [0.05, 0.1) is 0 Å². The first-order valence-electron chi connectivity index (χ1n) is 9.09. The molecule has 0 fully saturated rings. The van der Waals surface area contributed by atoms with Gasteiger partial charge in [0.1, 0.15) is 0 Å². The lowest BCUT2D eigenvalue weighted by Gasteiger charge is -2.30. The molecule has 0 radical (unpaired) electrons. The Morgan fingerprint density at radius 2 is 1.48 bits per heavy atom. The van der Waals surface area contributed by atoms with E-state index in [-0.39, 0.29) is 0 Å². The molecule has 1 rings (SSSR count). The highest BCUT2D eigenvalue weighted by Gasteiger charge is 2.26. The smallest absolute Gasteiger partial charge is 0.00814 e. The van der Waals surface area contributed by atoms with E-state index in [0.717, 1.165) is 5.92 Å². The third kappa shape index (κ3) is 8.04. The van der Waals surface area contributed by atoms with Crippen molar-refractivity contribution in [2.24, 2.45) is 5.41 Å². The maximum Gasteiger partial charge on any atom is 0.00814 e. The number of thiophene rings is 1. The predicted octanol–water partition coefficient (Wildman–Crippen LogP) is 7.80. The summed E-state index contributed by atoms with van der Waals surface area (Å²) >= 11 is 1.94. The standard InChI is InChI=1S/C20H36S/c1-5-6-7-8-9-10-11-12-13-15-18(20(2,3)4)19-16-14-17-21-19/h14,16-18H,5-13,15H2,1-4H3. The summed E-state index contributed by atoms with van der Waals surface area (Å²) in [7, 11) is 0. The molecule has 1 aromatic rings. The Morgan fingerprint density at radius 3 is 1.95 bits per heavy atom. The molecule has 1 atom stereocenters. The molecular formula is C20H36S. The maximum atomic E-state index is 2.39. The van der Waals surface area contributed by atoms with Gasteiger partial charge in [0.15, 0.2) is 0 Å². The Morgan fingerprint density at radius 1 is 0.905 bits per heavy atom. The lowest BCUT2D eigenvalue weighted by molar-refractivity contribution is 0.301. The molecule has 1 unspecified atom stereocenters. The second kappa shape index (κ2) is 10.4. The molecular weight excluding hydrogens is 272 g/mol. The predicted molar refractivity (Wildman–Crippen MR) is 98.4 cm³/mol. The van der Waals surface area contributed by atoms with Crippen LogP contribution >= 0.6 is 11.3 Å². The lowest BCUT2D eigenvalue weighted by Crippen LogP contribution is -2.17. The third-order valence-electron chi connectivity index (χ3n) is 4.53. The second-order valence-electron chi connectivity index (χ2n) is 7.55. The van der Waals surface area contributed by atoms with E-state index in [2.05, 4.69) is 45.2 Å². The first-order valence-corrected chi connectivity index (χ1v) is 9.97. The van der Waals surface area contributed by atoms with Crippen LogP contribution in [0.4, 0.5) is 0 Å². The average Bonchev–Trinajstić information content (AvgIpc) is 2.93. The normalized spacial score (nSPS) is 13.5. The minimum absolute atomic E-state index is 0.394. The van der Waals surface area contributed by atoms with Crippen LogP contribution in [0.2, 0.25) is 0 Å². The zero-order valence-electron chi connectivity index (χ0n) is 14.8. The van der Waals surface area contributed by atoms with Gasteiger partial charge in [0.25, 0.3) is 0 Å². The monoisotopic (exact) mass is 308 g/mol. The summed E-state index contributed by atoms with van der Waals surface area (Å²) in [5.41, 5.74) is 0.394. The van der Waals surface area contributed by atoms with Gasteiger partial charge >= 0.3 is 0 Å². The molecule has 0 bridgehead atoms. The number of rotatable bonds is 11. The van der Waals surface area contributed by atoms with Crippen molar-refractivity contribution in [2.75, 3.05) is 0 Å². The van der Waals surface area contributed by atoms with Gasteiger partial charge in [0, 0.05) is 4.88 Å². The Labute approximate surface area is 137 Å². The van der Waals surface area contributed by atoms with Crippen molar-refractivity contribution in [3.8, 4) is 0 Å². The quantitative estimate of drug-likeness (QED) is 0.366. The molecule has 0 spiro atoms. The molecule has 122 valence electrons. The van der Waals surface area contributed by atoms with Crippen molar-refractivity contribution in [3.63, 3.8) is 0 Å². The van der Waals surface area contributed by atoms with E-state index in [0.29, 0.717) is 5.41 Å². The van der Waals surface area contributed by atoms with Gasteiger partial charge in [0.2, 0.25) is 0 Å². The molecule has 0 aliphatic carbocycles. The number of hydrogen-bond donors (Lipinski definition) is 0. The highest BCUT2D eigenvalue weighted by Crippen LogP contribution is 2.40. The molecule has 0 aliphatic heterocycles. The maximum absolute atomic E-state index is 2.39. The van der Waals surface area contributed by atoms with E-state index in [1.807, 2.05) is 11.3 Å². The molecule has 0 amide bonds. The van der Waals surface area contributed by atoms with Crippen LogP contribution in [0, 0.1) is 5.41 Å². The van der Waals surface area contributed by atoms with Gasteiger partial charge in [-0.3, -0.25) is 0 Å². The molecule has 0 aliphatic rings. The molecule has 1 aromatic heterocycles. The molecule has 21 heavy (non-hydrogen) atoms. The van der Waals surface area contributed by atoms with Crippen LogP contribution in [0.5, 0.6) is 0 Å². The Bertz CT molecular complexity index is 331. The van der Waals surface area contributed by atoms with Gasteiger partial charge in [-0.05, 0) is 29.2 Å². The van der Waals surface area contributed by atoms with Crippen LogP contribution in [-0.4, -0.2) is 0 Å². The SMILES string of the molecule is CCCCCCCCCCCC(c1cccs1)C(C)(C)C. The summed E-state index contributed by atoms with van der Waals surface area (Å²) in [4.78, 5) is 1.59. The van der Waals surface area contributed by atoms with Crippen molar-refractivity contribution < 1.29 is 0 Å². The second-order valence-corrected chi connectivity index (χ2v) is 8.53. The van der Waals surface area contributed by atoms with Crippen LogP contribution in [0.25, 0.3) is 0 Å². The highest BCUT2D eigenvalue weighted by molar-refractivity contribution is 7.10. The average molecular weight is 309 g/mol. The van der Waals surface area contributed by atoms with Gasteiger partial charge in [-0.15, -0.1) is 11.3 Å². The third-order valence-corrected chi connectivity index (χ3v) is 5.51. The minimum atomic E-state index is 0.394. The summed E-state index contributed by atoms with van der Waals surface area (Å²) in [6.45, 7) is 9.47. The van der Waals surface area contributed by atoms with E-state index >= 15 is 0 Å². The molecule has 1 heteroatoms. The molecule has 1 heterocycles.